The number of aromatic hydroxyl groups is 1. The summed E-state index contributed by atoms with van der Waals surface area (Å²) >= 11 is 0. The minimum Gasteiger partial charge on any atom is -0.508 e. The number of carbonyl (C=O) groups is 3. The number of phenolic OH excluding ortho intramolecular Hbond substituents is 1. The maximum absolute atomic E-state index is 15.0. The Hall–Kier alpha value is -4.69. The van der Waals surface area contributed by atoms with Crippen molar-refractivity contribution < 1.29 is 28.3 Å². The van der Waals surface area contributed by atoms with E-state index < -0.39 is 40.8 Å². The fraction of sp³-hybridized carbons (Fsp3) is 0.206. The molecule has 210 valence electrons. The second kappa shape index (κ2) is 9.70. The maximum atomic E-state index is 15.0. The van der Waals surface area contributed by atoms with Gasteiger partial charge >= 0.3 is 0 Å². The summed E-state index contributed by atoms with van der Waals surface area (Å²) in [6.07, 6.45) is 1.42. The van der Waals surface area contributed by atoms with Crippen LogP contribution in [0.15, 0.2) is 97.1 Å². The number of ketones is 1. The van der Waals surface area contributed by atoms with E-state index in [1.807, 2.05) is 12.1 Å². The smallest absolute Gasteiger partial charge is 0.265 e. The standard InChI is InChI=1S/C34H26F2N2O4/c35-23-13-7-20(8-14-23)30-29(31(40)21-11-17-25(39)18-12-21)28-6-3-19-37(28)34(30)26-4-1-2-5-27(26)38(33(34)42)32(41)22-9-15-24(36)16-10-22/h1-2,4-5,7-18,28-30,39H,3,6,19H2/t28-,29+,30-,34-/m0/s1. The van der Waals surface area contributed by atoms with Crippen LogP contribution in [-0.4, -0.2) is 40.2 Å². The van der Waals surface area contributed by atoms with Gasteiger partial charge in [-0.15, -0.1) is 0 Å². The van der Waals surface area contributed by atoms with E-state index in [1.54, 1.807) is 36.4 Å². The summed E-state index contributed by atoms with van der Waals surface area (Å²) < 4.78 is 27.9. The topological polar surface area (TPSA) is 77.9 Å². The maximum Gasteiger partial charge on any atom is 0.265 e. The van der Waals surface area contributed by atoms with Crippen molar-refractivity contribution in [3.05, 3.63) is 131 Å². The van der Waals surface area contributed by atoms with Crippen LogP contribution in [0, 0.1) is 17.6 Å². The number of para-hydroxylation sites is 1. The van der Waals surface area contributed by atoms with E-state index >= 15 is 0 Å². The zero-order valence-corrected chi connectivity index (χ0v) is 22.4. The number of anilines is 1. The number of benzene rings is 4. The van der Waals surface area contributed by atoms with Crippen LogP contribution < -0.4 is 4.90 Å². The first-order valence-electron chi connectivity index (χ1n) is 13.9. The van der Waals surface area contributed by atoms with E-state index in [1.165, 1.54) is 48.5 Å². The highest BCUT2D eigenvalue weighted by Crippen LogP contribution is 2.63. The van der Waals surface area contributed by atoms with Crippen LogP contribution in [0.4, 0.5) is 14.5 Å². The van der Waals surface area contributed by atoms with Gasteiger partial charge in [0.05, 0.1) is 5.69 Å². The number of carbonyl (C=O) groups excluding carboxylic acids is 3. The zero-order chi connectivity index (χ0) is 29.2. The fourth-order valence-corrected chi connectivity index (χ4v) is 7.41. The molecule has 0 aromatic heterocycles. The van der Waals surface area contributed by atoms with Gasteiger partial charge in [0.15, 0.2) is 5.78 Å². The minimum absolute atomic E-state index is 0.0295. The molecule has 42 heavy (non-hydrogen) atoms. The summed E-state index contributed by atoms with van der Waals surface area (Å²) in [5, 5.41) is 9.85. The van der Waals surface area contributed by atoms with Crippen LogP contribution >= 0.6 is 0 Å². The van der Waals surface area contributed by atoms with Crippen LogP contribution in [0.25, 0.3) is 0 Å². The van der Waals surface area contributed by atoms with E-state index in [2.05, 4.69) is 4.90 Å². The molecule has 3 aliphatic heterocycles. The molecule has 4 aromatic carbocycles. The van der Waals surface area contributed by atoms with Crippen molar-refractivity contribution in [3.63, 3.8) is 0 Å². The van der Waals surface area contributed by atoms with E-state index in [0.717, 1.165) is 11.3 Å². The second-order valence-electron chi connectivity index (χ2n) is 11.1. The van der Waals surface area contributed by atoms with Crippen LogP contribution in [0.1, 0.15) is 50.6 Å². The predicted molar refractivity (Wildman–Crippen MR) is 151 cm³/mol. The van der Waals surface area contributed by atoms with Crippen molar-refractivity contribution >= 4 is 23.3 Å². The van der Waals surface area contributed by atoms with Gasteiger partial charge in [-0.2, -0.15) is 0 Å². The number of amides is 2. The summed E-state index contributed by atoms with van der Waals surface area (Å²) in [4.78, 5) is 46.5. The lowest BCUT2D eigenvalue weighted by Crippen LogP contribution is -2.53. The average Bonchev–Trinajstić information content (AvgIpc) is 3.65. The minimum atomic E-state index is -1.41. The van der Waals surface area contributed by atoms with Crippen LogP contribution in [-0.2, 0) is 10.3 Å². The number of imide groups is 1. The van der Waals surface area contributed by atoms with Gasteiger partial charge in [0.2, 0.25) is 0 Å². The van der Waals surface area contributed by atoms with E-state index in [4.69, 9.17) is 0 Å². The molecule has 3 heterocycles. The number of halogens is 2. The molecule has 4 aromatic rings. The Bertz CT molecular complexity index is 1720. The van der Waals surface area contributed by atoms with Gasteiger partial charge in [0, 0.05) is 34.6 Å². The number of fused-ring (bicyclic) bond motifs is 4. The molecule has 1 spiro atoms. The third kappa shape index (κ3) is 3.68. The van der Waals surface area contributed by atoms with Crippen molar-refractivity contribution in [2.24, 2.45) is 5.92 Å². The summed E-state index contributed by atoms with van der Waals surface area (Å²) in [6, 6.07) is 23.7. The van der Waals surface area contributed by atoms with Crippen molar-refractivity contribution in [2.75, 3.05) is 11.4 Å². The SMILES string of the molecule is O=C(c1ccc(O)cc1)[C@@H]1[C@@H]2CCCN2[C@]2(C(=O)N(C(=O)c3ccc(F)cc3)c3ccccc32)[C@H]1c1ccc(F)cc1. The molecular formula is C34H26F2N2O4. The van der Waals surface area contributed by atoms with Gasteiger partial charge < -0.3 is 5.11 Å². The number of hydrogen-bond acceptors (Lipinski definition) is 5. The van der Waals surface area contributed by atoms with E-state index in [9.17, 15) is 28.3 Å². The molecule has 0 bridgehead atoms. The van der Waals surface area contributed by atoms with Gasteiger partial charge in [-0.05, 0) is 91.7 Å². The lowest BCUT2D eigenvalue weighted by atomic mass is 9.68. The van der Waals surface area contributed by atoms with Gasteiger partial charge in [0.1, 0.15) is 22.9 Å². The molecule has 6 nitrogen and oxygen atoms in total. The highest BCUT2D eigenvalue weighted by molar-refractivity contribution is 6.27. The summed E-state index contributed by atoms with van der Waals surface area (Å²) in [6.45, 7) is 0.528. The molecule has 1 N–H and O–H groups in total. The Labute approximate surface area is 240 Å². The zero-order valence-electron chi connectivity index (χ0n) is 22.4. The van der Waals surface area contributed by atoms with Crippen molar-refractivity contribution in [1.29, 1.82) is 0 Å². The van der Waals surface area contributed by atoms with Crippen LogP contribution in [0.5, 0.6) is 5.75 Å². The summed E-state index contributed by atoms with van der Waals surface area (Å²) in [7, 11) is 0. The number of phenols is 1. The van der Waals surface area contributed by atoms with Crippen molar-refractivity contribution in [2.45, 2.75) is 30.3 Å². The molecule has 8 heteroatoms. The molecule has 2 fully saturated rings. The van der Waals surface area contributed by atoms with Crippen LogP contribution in [0.2, 0.25) is 0 Å². The van der Waals surface area contributed by atoms with E-state index in [0.29, 0.717) is 35.3 Å². The number of nitrogens with zero attached hydrogens (tertiary/aromatic N) is 2. The summed E-state index contributed by atoms with van der Waals surface area (Å²) in [5.41, 5.74) is 0.763. The monoisotopic (exact) mass is 564 g/mol. The number of rotatable bonds is 4. The highest BCUT2D eigenvalue weighted by Gasteiger charge is 2.70. The Balaban J connectivity index is 1.46. The molecule has 2 amide bonds. The Morgan fingerprint density at radius 1 is 0.810 bits per heavy atom. The quantitative estimate of drug-likeness (QED) is 0.250. The highest BCUT2D eigenvalue weighted by atomic mass is 19.1. The Kier molecular flexibility index (Phi) is 6.06. The average molecular weight is 565 g/mol. The normalized spacial score (nSPS) is 24.7. The van der Waals surface area contributed by atoms with Crippen molar-refractivity contribution in [1.82, 2.24) is 4.90 Å². The Morgan fingerprint density at radius 2 is 1.43 bits per heavy atom. The van der Waals surface area contributed by atoms with Gasteiger partial charge in [0.25, 0.3) is 11.8 Å². The fourth-order valence-electron chi connectivity index (χ4n) is 7.41. The summed E-state index contributed by atoms with van der Waals surface area (Å²) in [5.74, 6) is -3.62. The van der Waals surface area contributed by atoms with Crippen LogP contribution in [0.3, 0.4) is 0 Å². The first kappa shape index (κ1) is 26.2. The molecule has 4 atom stereocenters. The molecule has 3 aliphatic rings. The Morgan fingerprint density at radius 3 is 2.12 bits per heavy atom. The third-order valence-electron chi connectivity index (χ3n) is 9.04. The first-order chi connectivity index (χ1) is 20.3. The van der Waals surface area contributed by atoms with Gasteiger partial charge in [-0.3, -0.25) is 19.3 Å². The van der Waals surface area contributed by atoms with Gasteiger partial charge in [-0.25, -0.2) is 13.7 Å². The number of Topliss-reactive ketones (excluding diaryl/α,β-unsaturated/α-hetero) is 1. The molecule has 7 rings (SSSR count). The number of hydrogen-bond donors (Lipinski definition) is 1. The van der Waals surface area contributed by atoms with E-state index in [-0.39, 0.29) is 23.1 Å². The largest absolute Gasteiger partial charge is 0.508 e. The molecular weight excluding hydrogens is 538 g/mol. The third-order valence-corrected chi connectivity index (χ3v) is 9.04. The first-order valence-corrected chi connectivity index (χ1v) is 13.9. The second-order valence-corrected chi connectivity index (χ2v) is 11.1. The molecule has 0 unspecified atom stereocenters. The predicted octanol–water partition coefficient (Wildman–Crippen LogP) is 5.81. The van der Waals surface area contributed by atoms with Gasteiger partial charge in [-0.1, -0.05) is 30.3 Å². The lowest BCUT2D eigenvalue weighted by molar-refractivity contribution is -0.128. The molecule has 2 saturated heterocycles. The van der Waals surface area contributed by atoms with Crippen molar-refractivity contribution in [3.8, 4) is 5.75 Å². The molecule has 0 saturated carbocycles. The molecule has 0 aliphatic carbocycles. The molecule has 0 radical (unpaired) electrons. The lowest BCUT2D eigenvalue weighted by Gasteiger charge is -2.38.